The first kappa shape index (κ1) is 12.0. The summed E-state index contributed by atoms with van der Waals surface area (Å²) >= 11 is 0. The molecule has 2 heterocycles. The monoisotopic (exact) mass is 237 g/mol. The molecule has 1 aliphatic heterocycles. The zero-order valence-corrected chi connectivity index (χ0v) is 9.46. The Balaban J connectivity index is 1.89. The smallest absolute Gasteiger partial charge is 0.335 e. The molecule has 1 atom stereocenters. The standard InChI is InChI=1S/C12H15NO4/c14-12(15)9-4-5-13-10(7-9)8-17-11-3-1-2-6-16-11/h4-5,7,11H,1-3,6,8H2,(H,14,15). The maximum absolute atomic E-state index is 10.8. The molecule has 17 heavy (non-hydrogen) atoms. The maximum atomic E-state index is 10.8. The van der Waals surface area contributed by atoms with Crippen LogP contribution in [0.25, 0.3) is 0 Å². The molecule has 0 aromatic carbocycles. The normalized spacial score (nSPS) is 20.1. The van der Waals surface area contributed by atoms with Crippen molar-refractivity contribution in [3.8, 4) is 0 Å². The third-order valence-electron chi connectivity index (χ3n) is 2.62. The Labute approximate surface area is 99.4 Å². The highest BCUT2D eigenvalue weighted by Gasteiger charge is 2.14. The average Bonchev–Trinajstić information content (AvgIpc) is 2.38. The predicted octanol–water partition coefficient (Wildman–Crippen LogP) is 1.82. The third-order valence-corrected chi connectivity index (χ3v) is 2.62. The Morgan fingerprint density at radius 2 is 2.47 bits per heavy atom. The van der Waals surface area contributed by atoms with E-state index in [1.165, 1.54) is 18.3 Å². The summed E-state index contributed by atoms with van der Waals surface area (Å²) in [5.41, 5.74) is 0.835. The second-order valence-corrected chi connectivity index (χ2v) is 3.95. The van der Waals surface area contributed by atoms with E-state index in [4.69, 9.17) is 14.6 Å². The van der Waals surface area contributed by atoms with Crippen LogP contribution in [0.15, 0.2) is 18.3 Å². The van der Waals surface area contributed by atoms with Crippen molar-refractivity contribution >= 4 is 5.97 Å². The van der Waals surface area contributed by atoms with Crippen LogP contribution < -0.4 is 0 Å². The molecule has 1 aromatic rings. The molecule has 1 N–H and O–H groups in total. The van der Waals surface area contributed by atoms with Gasteiger partial charge in [0, 0.05) is 12.8 Å². The summed E-state index contributed by atoms with van der Waals surface area (Å²) in [6, 6.07) is 2.98. The number of hydrogen-bond acceptors (Lipinski definition) is 4. The van der Waals surface area contributed by atoms with Crippen molar-refractivity contribution in [3.63, 3.8) is 0 Å². The molecule has 1 saturated heterocycles. The number of carboxylic acid groups (broad SMARTS) is 1. The van der Waals surface area contributed by atoms with Gasteiger partial charge in [-0.25, -0.2) is 4.79 Å². The molecule has 0 saturated carbocycles. The molecule has 0 aliphatic carbocycles. The van der Waals surface area contributed by atoms with Crippen LogP contribution in [0.2, 0.25) is 0 Å². The van der Waals surface area contributed by atoms with E-state index in [9.17, 15) is 4.79 Å². The lowest BCUT2D eigenvalue weighted by Crippen LogP contribution is -2.22. The van der Waals surface area contributed by atoms with Crippen molar-refractivity contribution in [2.75, 3.05) is 6.61 Å². The Hall–Kier alpha value is -1.46. The first-order valence-electron chi connectivity index (χ1n) is 5.67. The minimum atomic E-state index is -0.956. The van der Waals surface area contributed by atoms with Crippen molar-refractivity contribution in [2.45, 2.75) is 32.2 Å². The van der Waals surface area contributed by atoms with Gasteiger partial charge in [-0.15, -0.1) is 0 Å². The molecule has 0 bridgehead atoms. The molecule has 5 nitrogen and oxygen atoms in total. The van der Waals surface area contributed by atoms with Gasteiger partial charge in [0.2, 0.25) is 0 Å². The average molecular weight is 237 g/mol. The van der Waals surface area contributed by atoms with Crippen LogP contribution in [0.4, 0.5) is 0 Å². The van der Waals surface area contributed by atoms with Crippen LogP contribution in [0.1, 0.15) is 35.3 Å². The minimum Gasteiger partial charge on any atom is -0.478 e. The van der Waals surface area contributed by atoms with Gasteiger partial charge in [0.05, 0.1) is 17.9 Å². The maximum Gasteiger partial charge on any atom is 0.335 e. The van der Waals surface area contributed by atoms with Crippen LogP contribution in [0.5, 0.6) is 0 Å². The number of carboxylic acids is 1. The summed E-state index contributed by atoms with van der Waals surface area (Å²) in [7, 11) is 0. The third kappa shape index (κ3) is 3.51. The number of pyridine rings is 1. The lowest BCUT2D eigenvalue weighted by molar-refractivity contribution is -0.169. The van der Waals surface area contributed by atoms with Crippen molar-refractivity contribution in [3.05, 3.63) is 29.6 Å². The fraction of sp³-hybridized carbons (Fsp3) is 0.500. The van der Waals surface area contributed by atoms with Gasteiger partial charge in [-0.05, 0) is 31.4 Å². The lowest BCUT2D eigenvalue weighted by atomic mass is 10.2. The van der Waals surface area contributed by atoms with Gasteiger partial charge in [-0.2, -0.15) is 0 Å². The number of aromatic nitrogens is 1. The summed E-state index contributed by atoms with van der Waals surface area (Å²) in [6.07, 6.45) is 4.36. The minimum absolute atomic E-state index is 0.181. The largest absolute Gasteiger partial charge is 0.478 e. The summed E-state index contributed by atoms with van der Waals surface area (Å²) in [5, 5.41) is 8.83. The topological polar surface area (TPSA) is 68.7 Å². The van der Waals surface area contributed by atoms with Gasteiger partial charge in [0.15, 0.2) is 6.29 Å². The lowest BCUT2D eigenvalue weighted by Gasteiger charge is -2.22. The Kier molecular flexibility index (Phi) is 4.06. The highest BCUT2D eigenvalue weighted by atomic mass is 16.7. The summed E-state index contributed by atoms with van der Waals surface area (Å²) in [4.78, 5) is 14.8. The van der Waals surface area contributed by atoms with Crippen molar-refractivity contribution < 1.29 is 19.4 Å². The van der Waals surface area contributed by atoms with Crippen LogP contribution in [0.3, 0.4) is 0 Å². The predicted molar refractivity (Wildman–Crippen MR) is 59.6 cm³/mol. The number of hydrogen-bond donors (Lipinski definition) is 1. The number of nitrogens with zero attached hydrogens (tertiary/aromatic N) is 1. The van der Waals surface area contributed by atoms with Crippen LogP contribution in [0, 0.1) is 0 Å². The van der Waals surface area contributed by atoms with E-state index in [2.05, 4.69) is 4.98 Å². The molecule has 2 rings (SSSR count). The van der Waals surface area contributed by atoms with Crippen LogP contribution in [-0.2, 0) is 16.1 Å². The SMILES string of the molecule is O=C(O)c1ccnc(COC2CCCCO2)c1. The summed E-state index contributed by atoms with van der Waals surface area (Å²) in [5.74, 6) is -0.956. The van der Waals surface area contributed by atoms with Crippen molar-refractivity contribution in [1.29, 1.82) is 0 Å². The second-order valence-electron chi connectivity index (χ2n) is 3.95. The van der Waals surface area contributed by atoms with E-state index in [1.807, 2.05) is 0 Å². The van der Waals surface area contributed by atoms with Gasteiger partial charge in [-0.1, -0.05) is 0 Å². The molecule has 0 amide bonds. The van der Waals surface area contributed by atoms with E-state index in [0.717, 1.165) is 25.9 Å². The Morgan fingerprint density at radius 1 is 1.59 bits per heavy atom. The van der Waals surface area contributed by atoms with Gasteiger partial charge in [-0.3, -0.25) is 4.98 Å². The molecule has 1 aliphatic rings. The van der Waals surface area contributed by atoms with Gasteiger partial charge in [0.25, 0.3) is 0 Å². The molecule has 1 aromatic heterocycles. The van der Waals surface area contributed by atoms with Crippen LogP contribution >= 0.6 is 0 Å². The molecule has 0 spiro atoms. The van der Waals surface area contributed by atoms with Gasteiger partial charge < -0.3 is 14.6 Å². The van der Waals surface area contributed by atoms with E-state index in [0.29, 0.717) is 5.69 Å². The first-order chi connectivity index (χ1) is 8.25. The fourth-order valence-corrected chi connectivity index (χ4v) is 1.71. The molecule has 5 heteroatoms. The van der Waals surface area contributed by atoms with Crippen LogP contribution in [-0.4, -0.2) is 29.0 Å². The van der Waals surface area contributed by atoms with E-state index in [1.54, 1.807) is 0 Å². The quantitative estimate of drug-likeness (QED) is 0.865. The first-order valence-corrected chi connectivity index (χ1v) is 5.67. The van der Waals surface area contributed by atoms with E-state index < -0.39 is 5.97 Å². The molecule has 1 unspecified atom stereocenters. The molecular formula is C12H15NO4. The number of ether oxygens (including phenoxy) is 2. The zero-order chi connectivity index (χ0) is 12.1. The second kappa shape index (κ2) is 5.75. The Bertz CT molecular complexity index is 388. The number of carbonyl (C=O) groups is 1. The van der Waals surface area contributed by atoms with Crippen molar-refractivity contribution in [1.82, 2.24) is 4.98 Å². The highest BCUT2D eigenvalue weighted by Crippen LogP contribution is 2.15. The highest BCUT2D eigenvalue weighted by molar-refractivity contribution is 5.87. The molecule has 1 fully saturated rings. The fourth-order valence-electron chi connectivity index (χ4n) is 1.71. The van der Waals surface area contributed by atoms with E-state index >= 15 is 0 Å². The summed E-state index contributed by atoms with van der Waals surface area (Å²) in [6.45, 7) is 1.01. The number of aromatic carboxylic acids is 1. The number of rotatable bonds is 4. The summed E-state index contributed by atoms with van der Waals surface area (Å²) < 4.78 is 10.9. The zero-order valence-electron chi connectivity index (χ0n) is 9.46. The molecule has 0 radical (unpaired) electrons. The Morgan fingerprint density at radius 3 is 3.18 bits per heavy atom. The molecule has 92 valence electrons. The molecular weight excluding hydrogens is 222 g/mol. The van der Waals surface area contributed by atoms with Crippen molar-refractivity contribution in [2.24, 2.45) is 0 Å². The van der Waals surface area contributed by atoms with E-state index in [-0.39, 0.29) is 18.5 Å². The van der Waals surface area contributed by atoms with Gasteiger partial charge in [0.1, 0.15) is 0 Å². The van der Waals surface area contributed by atoms with Gasteiger partial charge >= 0.3 is 5.97 Å².